The summed E-state index contributed by atoms with van der Waals surface area (Å²) in [6.07, 6.45) is 4.21. The zero-order chi connectivity index (χ0) is 15.1. The molecule has 6 heteroatoms. The summed E-state index contributed by atoms with van der Waals surface area (Å²) in [6.45, 7) is 4.97. The standard InChI is InChI=1S/C15H24N4S2/c1-3-17-15(20-2)18-21-14-6-4-13(5-7-14)19-10-8-12(16)9-11-19/h4-7,12H,3,8-11,16H2,1-2H3,(H,17,18). The Kier molecular flexibility index (Phi) is 6.73. The number of benzene rings is 1. The fourth-order valence-corrected chi connectivity index (χ4v) is 3.53. The maximum Gasteiger partial charge on any atom is 0.166 e. The average Bonchev–Trinajstić information content (AvgIpc) is 2.53. The van der Waals surface area contributed by atoms with Crippen LogP contribution in [0.5, 0.6) is 0 Å². The molecule has 1 aromatic rings. The van der Waals surface area contributed by atoms with Crippen LogP contribution in [0.25, 0.3) is 0 Å². The van der Waals surface area contributed by atoms with Crippen LogP contribution >= 0.6 is 23.7 Å². The monoisotopic (exact) mass is 324 g/mol. The number of nitrogens with two attached hydrogens (primary N) is 1. The Morgan fingerprint density at radius 3 is 2.57 bits per heavy atom. The molecule has 1 aliphatic rings. The molecule has 0 radical (unpaired) electrons. The van der Waals surface area contributed by atoms with Gasteiger partial charge in [-0.1, -0.05) is 11.8 Å². The molecule has 4 nitrogen and oxygen atoms in total. The Balaban J connectivity index is 1.88. The molecule has 0 bridgehead atoms. The number of thioether (sulfide) groups is 1. The number of aliphatic imine (C=N–C) groups is 1. The van der Waals surface area contributed by atoms with E-state index in [1.165, 1.54) is 10.6 Å². The van der Waals surface area contributed by atoms with Gasteiger partial charge in [-0.3, -0.25) is 4.99 Å². The fraction of sp³-hybridized carbons (Fsp3) is 0.533. The van der Waals surface area contributed by atoms with E-state index in [9.17, 15) is 0 Å². The lowest BCUT2D eigenvalue weighted by atomic mass is 10.1. The number of nitrogens with one attached hydrogen (secondary N) is 1. The van der Waals surface area contributed by atoms with Crippen molar-refractivity contribution in [2.24, 2.45) is 10.7 Å². The topological polar surface area (TPSA) is 53.7 Å². The SMILES string of the molecule is CCN=C(NSc1ccc(N2CCC(N)CC2)cc1)SC. The van der Waals surface area contributed by atoms with Gasteiger partial charge < -0.3 is 15.4 Å². The summed E-state index contributed by atoms with van der Waals surface area (Å²) in [5.74, 6) is 0. The molecule has 0 atom stereocenters. The zero-order valence-electron chi connectivity index (χ0n) is 12.7. The lowest BCUT2D eigenvalue weighted by Gasteiger charge is -2.32. The molecular formula is C15H24N4S2. The van der Waals surface area contributed by atoms with Crippen LogP contribution in [0.2, 0.25) is 0 Å². The van der Waals surface area contributed by atoms with Gasteiger partial charge in [-0.2, -0.15) is 0 Å². The number of nitrogens with zero attached hydrogens (tertiary/aromatic N) is 2. The minimum atomic E-state index is 0.378. The maximum absolute atomic E-state index is 5.95. The first-order valence-corrected chi connectivity index (χ1v) is 9.39. The van der Waals surface area contributed by atoms with Crippen LogP contribution in [0, 0.1) is 0 Å². The van der Waals surface area contributed by atoms with Crippen molar-refractivity contribution in [1.29, 1.82) is 0 Å². The molecule has 0 aromatic heterocycles. The van der Waals surface area contributed by atoms with E-state index in [1.54, 1.807) is 23.7 Å². The molecule has 1 heterocycles. The molecule has 2 rings (SSSR count). The highest BCUT2D eigenvalue weighted by Crippen LogP contribution is 2.23. The van der Waals surface area contributed by atoms with E-state index in [0.717, 1.165) is 37.6 Å². The summed E-state index contributed by atoms with van der Waals surface area (Å²) in [4.78, 5) is 8.00. The number of rotatable bonds is 4. The predicted molar refractivity (Wildman–Crippen MR) is 96.3 cm³/mol. The minimum absolute atomic E-state index is 0.378. The number of hydrogen-bond donors (Lipinski definition) is 2. The van der Waals surface area contributed by atoms with Gasteiger partial charge in [0, 0.05) is 36.3 Å². The zero-order valence-corrected chi connectivity index (χ0v) is 14.3. The van der Waals surface area contributed by atoms with Gasteiger partial charge in [0.05, 0.1) is 0 Å². The Hall–Kier alpha value is -0.850. The Morgan fingerprint density at radius 2 is 2.00 bits per heavy atom. The van der Waals surface area contributed by atoms with Crippen LogP contribution in [0.3, 0.4) is 0 Å². The Labute approximate surface area is 136 Å². The quantitative estimate of drug-likeness (QED) is 0.507. The summed E-state index contributed by atoms with van der Waals surface area (Å²) in [6, 6.07) is 9.08. The number of anilines is 1. The molecular weight excluding hydrogens is 300 g/mol. The summed E-state index contributed by atoms with van der Waals surface area (Å²) in [7, 11) is 0. The van der Waals surface area contributed by atoms with E-state index in [1.807, 2.05) is 13.2 Å². The number of piperidine rings is 1. The second-order valence-corrected chi connectivity index (χ2v) is 6.68. The lowest BCUT2D eigenvalue weighted by Crippen LogP contribution is -2.39. The van der Waals surface area contributed by atoms with E-state index < -0.39 is 0 Å². The molecule has 0 aliphatic carbocycles. The van der Waals surface area contributed by atoms with Gasteiger partial charge in [0.1, 0.15) is 0 Å². The van der Waals surface area contributed by atoms with Crippen LogP contribution in [0.15, 0.2) is 34.2 Å². The molecule has 0 amide bonds. The molecule has 0 unspecified atom stereocenters. The molecule has 1 fully saturated rings. The number of amidine groups is 1. The predicted octanol–water partition coefficient (Wildman–Crippen LogP) is 2.95. The lowest BCUT2D eigenvalue weighted by molar-refractivity contribution is 0.501. The van der Waals surface area contributed by atoms with Crippen LogP contribution in [-0.2, 0) is 0 Å². The summed E-state index contributed by atoms with van der Waals surface area (Å²) < 4.78 is 3.29. The van der Waals surface area contributed by atoms with Crippen LogP contribution in [0.1, 0.15) is 19.8 Å². The van der Waals surface area contributed by atoms with E-state index in [2.05, 4.69) is 38.9 Å². The normalized spacial score (nSPS) is 17.1. The van der Waals surface area contributed by atoms with Gasteiger partial charge in [-0.25, -0.2) is 0 Å². The largest absolute Gasteiger partial charge is 0.371 e. The van der Waals surface area contributed by atoms with Crippen molar-refractivity contribution in [3.63, 3.8) is 0 Å². The average molecular weight is 325 g/mol. The molecule has 1 aromatic carbocycles. The summed E-state index contributed by atoms with van der Waals surface area (Å²) >= 11 is 3.25. The van der Waals surface area contributed by atoms with Gasteiger partial charge >= 0.3 is 0 Å². The van der Waals surface area contributed by atoms with Gasteiger partial charge in [0.15, 0.2) is 5.17 Å². The highest BCUT2D eigenvalue weighted by Gasteiger charge is 2.16. The molecule has 1 aliphatic heterocycles. The third kappa shape index (κ3) is 5.13. The second-order valence-electron chi connectivity index (χ2n) is 5.01. The van der Waals surface area contributed by atoms with Gasteiger partial charge in [0.2, 0.25) is 0 Å². The molecule has 116 valence electrons. The molecule has 0 spiro atoms. The van der Waals surface area contributed by atoms with Crippen molar-refractivity contribution in [1.82, 2.24) is 4.72 Å². The van der Waals surface area contributed by atoms with Crippen LogP contribution in [0.4, 0.5) is 5.69 Å². The minimum Gasteiger partial charge on any atom is -0.371 e. The van der Waals surface area contributed by atoms with Crippen molar-refractivity contribution >= 4 is 34.6 Å². The molecule has 1 saturated heterocycles. The van der Waals surface area contributed by atoms with Crippen molar-refractivity contribution in [2.45, 2.75) is 30.7 Å². The second kappa shape index (κ2) is 8.56. The first kappa shape index (κ1) is 16.5. The first-order valence-electron chi connectivity index (χ1n) is 7.34. The van der Waals surface area contributed by atoms with E-state index in [0.29, 0.717) is 6.04 Å². The van der Waals surface area contributed by atoms with Gasteiger partial charge in [-0.15, -0.1) is 0 Å². The smallest absolute Gasteiger partial charge is 0.166 e. The summed E-state index contributed by atoms with van der Waals surface area (Å²) in [5, 5.41) is 0.969. The van der Waals surface area contributed by atoms with Crippen LogP contribution in [-0.4, -0.2) is 37.1 Å². The molecule has 0 saturated carbocycles. The summed E-state index contributed by atoms with van der Waals surface area (Å²) in [5.41, 5.74) is 7.24. The van der Waals surface area contributed by atoms with Crippen molar-refractivity contribution in [3.8, 4) is 0 Å². The van der Waals surface area contributed by atoms with E-state index >= 15 is 0 Å². The first-order chi connectivity index (χ1) is 10.2. The van der Waals surface area contributed by atoms with Crippen molar-refractivity contribution in [2.75, 3.05) is 30.8 Å². The Morgan fingerprint density at radius 1 is 1.33 bits per heavy atom. The van der Waals surface area contributed by atoms with Crippen LogP contribution < -0.4 is 15.4 Å². The third-order valence-corrected chi connectivity index (χ3v) is 5.04. The molecule has 21 heavy (non-hydrogen) atoms. The fourth-order valence-electron chi connectivity index (χ4n) is 2.27. The van der Waals surface area contributed by atoms with Gasteiger partial charge in [-0.05, 0) is 62.2 Å². The number of hydrogen-bond acceptors (Lipinski definition) is 5. The Bertz CT molecular complexity index is 453. The van der Waals surface area contributed by atoms with E-state index in [-0.39, 0.29) is 0 Å². The van der Waals surface area contributed by atoms with Gasteiger partial charge in [0.25, 0.3) is 0 Å². The van der Waals surface area contributed by atoms with E-state index in [4.69, 9.17) is 5.73 Å². The highest BCUT2D eigenvalue weighted by molar-refractivity contribution is 8.14. The highest BCUT2D eigenvalue weighted by atomic mass is 32.2. The van der Waals surface area contributed by atoms with Crippen molar-refractivity contribution in [3.05, 3.63) is 24.3 Å². The third-order valence-electron chi connectivity index (χ3n) is 3.49. The molecule has 3 N–H and O–H groups in total. The maximum atomic E-state index is 5.95. The van der Waals surface area contributed by atoms with Crippen molar-refractivity contribution < 1.29 is 0 Å².